The molecule has 0 heterocycles. The van der Waals surface area contributed by atoms with E-state index in [0.717, 1.165) is 17.9 Å². The molecule has 2 aromatic carbocycles. The average molecular weight is 395 g/mol. The minimum Gasteiger partial charge on any atom is -0.491 e. The van der Waals surface area contributed by atoms with Gasteiger partial charge in [0.15, 0.2) is 0 Å². The molecule has 21 heavy (non-hydrogen) atoms. The second-order valence-corrected chi connectivity index (χ2v) is 6.82. The normalized spacial score (nSPS) is 12.2. The van der Waals surface area contributed by atoms with E-state index in [1.807, 2.05) is 26.0 Å². The molecule has 2 nitrogen and oxygen atoms in total. The highest BCUT2D eigenvalue weighted by Gasteiger charge is 2.05. The average Bonchev–Trinajstić information content (AvgIpc) is 2.41. The molecule has 0 spiro atoms. The van der Waals surface area contributed by atoms with E-state index >= 15 is 0 Å². The fraction of sp³-hybridized carbons (Fsp3) is 0.333. The summed E-state index contributed by atoms with van der Waals surface area (Å²) in [6.45, 7) is 6.28. The van der Waals surface area contributed by atoms with Crippen molar-refractivity contribution in [2.45, 2.75) is 39.3 Å². The van der Waals surface area contributed by atoms with Crippen LogP contribution in [0.25, 0.3) is 0 Å². The molecule has 112 valence electrons. The summed E-state index contributed by atoms with van der Waals surface area (Å²) in [6, 6.07) is 17.2. The number of benzene rings is 2. The summed E-state index contributed by atoms with van der Waals surface area (Å²) >= 11 is 2.33. The third kappa shape index (κ3) is 5.58. The van der Waals surface area contributed by atoms with Gasteiger partial charge in [-0.2, -0.15) is 0 Å². The first-order valence-electron chi connectivity index (χ1n) is 7.30. The van der Waals surface area contributed by atoms with E-state index in [0.29, 0.717) is 6.04 Å². The Morgan fingerprint density at radius 1 is 1.05 bits per heavy atom. The first-order valence-corrected chi connectivity index (χ1v) is 8.38. The lowest BCUT2D eigenvalue weighted by atomic mass is 10.1. The number of rotatable bonds is 6. The largest absolute Gasteiger partial charge is 0.491 e. The number of hydrogen-bond donors (Lipinski definition) is 1. The van der Waals surface area contributed by atoms with Crippen LogP contribution in [0.1, 0.15) is 26.3 Å². The summed E-state index contributed by atoms with van der Waals surface area (Å²) in [5.74, 6) is 0.913. The van der Waals surface area contributed by atoms with Crippen LogP contribution in [0.2, 0.25) is 0 Å². The SMILES string of the molecule is CC(Cc1ccc(I)cc1)Nc1cccc(OC(C)C)c1. The Bertz CT molecular complexity index is 566. The van der Waals surface area contributed by atoms with Gasteiger partial charge in [0.1, 0.15) is 5.75 Å². The summed E-state index contributed by atoms with van der Waals surface area (Å²) in [5.41, 5.74) is 2.45. The predicted molar refractivity (Wildman–Crippen MR) is 98.2 cm³/mol. The Balaban J connectivity index is 1.95. The van der Waals surface area contributed by atoms with Gasteiger partial charge in [0.2, 0.25) is 0 Å². The Morgan fingerprint density at radius 3 is 2.43 bits per heavy atom. The van der Waals surface area contributed by atoms with Crippen molar-refractivity contribution in [2.75, 3.05) is 5.32 Å². The van der Waals surface area contributed by atoms with Crippen LogP contribution in [0.5, 0.6) is 5.75 Å². The molecule has 2 aromatic rings. The lowest BCUT2D eigenvalue weighted by Gasteiger charge is -2.17. The molecule has 3 heteroatoms. The van der Waals surface area contributed by atoms with E-state index in [4.69, 9.17) is 4.74 Å². The maximum absolute atomic E-state index is 5.73. The molecule has 1 atom stereocenters. The van der Waals surface area contributed by atoms with Gasteiger partial charge in [-0.25, -0.2) is 0 Å². The maximum atomic E-state index is 5.73. The molecule has 0 fully saturated rings. The Morgan fingerprint density at radius 2 is 1.76 bits per heavy atom. The second-order valence-electron chi connectivity index (χ2n) is 5.57. The molecule has 2 rings (SSSR count). The lowest BCUT2D eigenvalue weighted by molar-refractivity contribution is 0.242. The molecular formula is C18H22INO. The third-order valence-corrected chi connectivity index (χ3v) is 3.79. The van der Waals surface area contributed by atoms with Gasteiger partial charge in [0, 0.05) is 21.4 Å². The van der Waals surface area contributed by atoms with Crippen LogP contribution in [-0.4, -0.2) is 12.1 Å². The van der Waals surface area contributed by atoms with Gasteiger partial charge in [0.05, 0.1) is 6.10 Å². The van der Waals surface area contributed by atoms with Gasteiger partial charge in [-0.15, -0.1) is 0 Å². The van der Waals surface area contributed by atoms with E-state index in [1.165, 1.54) is 9.13 Å². The van der Waals surface area contributed by atoms with Gasteiger partial charge in [-0.05, 0) is 79.6 Å². The van der Waals surface area contributed by atoms with Crippen molar-refractivity contribution in [3.8, 4) is 5.75 Å². The third-order valence-electron chi connectivity index (χ3n) is 3.07. The first-order chi connectivity index (χ1) is 10.0. The van der Waals surface area contributed by atoms with E-state index in [-0.39, 0.29) is 6.10 Å². The molecule has 0 aliphatic carbocycles. The topological polar surface area (TPSA) is 21.3 Å². The van der Waals surface area contributed by atoms with Crippen molar-refractivity contribution in [3.05, 3.63) is 57.7 Å². The smallest absolute Gasteiger partial charge is 0.121 e. The monoisotopic (exact) mass is 395 g/mol. The van der Waals surface area contributed by atoms with Crippen LogP contribution in [-0.2, 0) is 6.42 Å². The molecular weight excluding hydrogens is 373 g/mol. The molecule has 1 unspecified atom stereocenters. The molecule has 0 amide bonds. The summed E-state index contributed by atoms with van der Waals surface area (Å²) in [7, 11) is 0. The molecule has 0 aliphatic rings. The molecule has 0 saturated carbocycles. The molecule has 0 aromatic heterocycles. The standard InChI is InChI=1S/C18H22INO/c1-13(2)21-18-6-4-5-17(12-18)20-14(3)11-15-7-9-16(19)10-8-15/h4-10,12-14,20H,11H2,1-3H3. The highest BCUT2D eigenvalue weighted by molar-refractivity contribution is 14.1. The molecule has 0 radical (unpaired) electrons. The number of anilines is 1. The minimum absolute atomic E-state index is 0.199. The van der Waals surface area contributed by atoms with Crippen molar-refractivity contribution < 1.29 is 4.74 Å². The van der Waals surface area contributed by atoms with Crippen LogP contribution in [0.15, 0.2) is 48.5 Å². The molecule has 1 N–H and O–H groups in total. The van der Waals surface area contributed by atoms with E-state index in [2.05, 4.69) is 71.2 Å². The van der Waals surface area contributed by atoms with Crippen molar-refractivity contribution in [3.63, 3.8) is 0 Å². The first kappa shape index (κ1) is 16.1. The van der Waals surface area contributed by atoms with Crippen molar-refractivity contribution in [1.29, 1.82) is 0 Å². The zero-order chi connectivity index (χ0) is 15.2. The minimum atomic E-state index is 0.199. The predicted octanol–water partition coefficient (Wildman–Crippen LogP) is 5.12. The van der Waals surface area contributed by atoms with Crippen molar-refractivity contribution in [1.82, 2.24) is 0 Å². The molecule has 0 aliphatic heterocycles. The number of nitrogens with one attached hydrogen (secondary N) is 1. The Kier molecular flexibility index (Phi) is 5.91. The zero-order valence-electron chi connectivity index (χ0n) is 12.8. The number of ether oxygens (including phenoxy) is 1. The van der Waals surface area contributed by atoms with Crippen LogP contribution in [0, 0.1) is 3.57 Å². The quantitative estimate of drug-likeness (QED) is 0.686. The Labute approximate surface area is 141 Å². The van der Waals surface area contributed by atoms with Gasteiger partial charge in [-0.1, -0.05) is 18.2 Å². The van der Waals surface area contributed by atoms with Crippen LogP contribution >= 0.6 is 22.6 Å². The van der Waals surface area contributed by atoms with Crippen LogP contribution < -0.4 is 10.1 Å². The fourth-order valence-electron chi connectivity index (χ4n) is 2.24. The van der Waals surface area contributed by atoms with Crippen molar-refractivity contribution in [2.24, 2.45) is 0 Å². The summed E-state index contributed by atoms with van der Waals surface area (Å²) in [6.07, 6.45) is 1.20. The lowest BCUT2D eigenvalue weighted by Crippen LogP contribution is -2.18. The van der Waals surface area contributed by atoms with Gasteiger partial charge in [0.25, 0.3) is 0 Å². The second kappa shape index (κ2) is 7.69. The van der Waals surface area contributed by atoms with E-state index in [1.54, 1.807) is 0 Å². The Hall–Kier alpha value is -1.23. The maximum Gasteiger partial charge on any atom is 0.121 e. The van der Waals surface area contributed by atoms with Crippen LogP contribution in [0.4, 0.5) is 5.69 Å². The van der Waals surface area contributed by atoms with Gasteiger partial charge < -0.3 is 10.1 Å². The van der Waals surface area contributed by atoms with E-state index in [9.17, 15) is 0 Å². The zero-order valence-corrected chi connectivity index (χ0v) is 14.9. The van der Waals surface area contributed by atoms with E-state index < -0.39 is 0 Å². The highest BCUT2D eigenvalue weighted by Crippen LogP contribution is 2.20. The van der Waals surface area contributed by atoms with Gasteiger partial charge >= 0.3 is 0 Å². The molecule has 0 saturated heterocycles. The summed E-state index contributed by atoms with van der Waals surface area (Å²) < 4.78 is 7.00. The fourth-order valence-corrected chi connectivity index (χ4v) is 2.60. The summed E-state index contributed by atoms with van der Waals surface area (Å²) in [4.78, 5) is 0. The summed E-state index contributed by atoms with van der Waals surface area (Å²) in [5, 5.41) is 3.54. The highest BCUT2D eigenvalue weighted by atomic mass is 127. The number of hydrogen-bond acceptors (Lipinski definition) is 2. The van der Waals surface area contributed by atoms with Gasteiger partial charge in [-0.3, -0.25) is 0 Å². The van der Waals surface area contributed by atoms with Crippen molar-refractivity contribution >= 4 is 28.3 Å². The number of halogens is 1. The van der Waals surface area contributed by atoms with Crippen LogP contribution in [0.3, 0.4) is 0 Å². The molecule has 0 bridgehead atoms.